The Bertz CT molecular complexity index is 844. The van der Waals surface area contributed by atoms with E-state index in [1.165, 1.54) is 7.11 Å². The van der Waals surface area contributed by atoms with Gasteiger partial charge in [0.2, 0.25) is 0 Å². The molecule has 0 saturated carbocycles. The van der Waals surface area contributed by atoms with Crippen LogP contribution < -0.4 is 9.63 Å². The summed E-state index contributed by atoms with van der Waals surface area (Å²) in [6, 6.07) is 7.99. The Hall–Kier alpha value is -0.833. The van der Waals surface area contributed by atoms with Crippen molar-refractivity contribution in [2.24, 2.45) is 11.8 Å². The number of benzene rings is 1. The summed E-state index contributed by atoms with van der Waals surface area (Å²) in [5, 5.41) is 0.148. The molecule has 0 bridgehead atoms. The molecule has 0 spiro atoms. The molecular formula is C29H51O7PSi. The Labute approximate surface area is 233 Å². The van der Waals surface area contributed by atoms with Crippen molar-refractivity contribution in [1.82, 2.24) is 0 Å². The standard InChI is InChI=1S/C29H51O7PSi/c1-11-12-26-19-27(36-37(30,32-8)35-26)16-13-22(2)28(23(3)20-34-38(9,10)29(4,5)6)33-21-24-14-17-25(31-7)18-15-24/h11,14-15,17-18,22-23,26-28H,1,12-13,16,19-21H2,2-10H3/t22-,23-,26+,27+,28+,37?/m1/s1. The molecule has 38 heavy (non-hydrogen) atoms. The van der Waals surface area contributed by atoms with Crippen molar-refractivity contribution in [3.63, 3.8) is 0 Å². The fourth-order valence-corrected chi connectivity index (χ4v) is 6.85. The quantitative estimate of drug-likeness (QED) is 0.127. The Morgan fingerprint density at radius 2 is 1.74 bits per heavy atom. The molecule has 1 aromatic rings. The van der Waals surface area contributed by atoms with Crippen LogP contribution in [0.5, 0.6) is 5.75 Å². The molecule has 1 heterocycles. The molecule has 1 aliphatic rings. The molecule has 218 valence electrons. The SMILES string of the molecule is C=CC[C@H]1C[C@H](CC[C@@H](C)[C@H](OCc2ccc(OC)cc2)[C@H](C)CO[Si](C)(C)C(C)(C)C)O[P+]([O-])(OC)O1. The summed E-state index contributed by atoms with van der Waals surface area (Å²) in [7, 11) is -2.40. The monoisotopic (exact) mass is 570 g/mol. The van der Waals surface area contributed by atoms with Crippen LogP contribution in [-0.2, 0) is 29.3 Å². The average molecular weight is 571 g/mol. The smallest absolute Gasteiger partial charge is 0.379 e. The average Bonchev–Trinajstić information content (AvgIpc) is 2.86. The number of rotatable bonds is 15. The minimum absolute atomic E-state index is 0.0140. The fraction of sp³-hybridized carbons (Fsp3) is 0.724. The molecule has 6 atom stereocenters. The van der Waals surface area contributed by atoms with Crippen molar-refractivity contribution in [2.45, 2.75) is 103 Å². The van der Waals surface area contributed by atoms with Crippen LogP contribution in [-0.4, -0.2) is 47.5 Å². The molecular weight excluding hydrogens is 519 g/mol. The number of phosphoric ester groups is 1. The summed E-state index contributed by atoms with van der Waals surface area (Å²) >= 11 is 0. The zero-order valence-corrected chi connectivity index (χ0v) is 26.9. The fourth-order valence-electron chi connectivity index (χ4n) is 4.42. The van der Waals surface area contributed by atoms with Gasteiger partial charge in [0.05, 0.1) is 26.9 Å². The highest BCUT2D eigenvalue weighted by Gasteiger charge is 2.44. The first-order valence-electron chi connectivity index (χ1n) is 13.8. The minimum atomic E-state index is -3.55. The summed E-state index contributed by atoms with van der Waals surface area (Å²) in [6.07, 6.45) is 4.21. The second-order valence-electron chi connectivity index (χ2n) is 12.1. The minimum Gasteiger partial charge on any atom is -0.606 e. The van der Waals surface area contributed by atoms with E-state index in [1.807, 2.05) is 24.3 Å². The number of methoxy groups -OCH3 is 1. The van der Waals surface area contributed by atoms with Gasteiger partial charge >= 0.3 is 8.17 Å². The van der Waals surface area contributed by atoms with E-state index in [0.717, 1.165) is 24.2 Å². The van der Waals surface area contributed by atoms with Crippen LogP contribution in [0, 0.1) is 11.8 Å². The van der Waals surface area contributed by atoms with Gasteiger partial charge in [-0.2, -0.15) is 13.6 Å². The summed E-state index contributed by atoms with van der Waals surface area (Å²) < 4.78 is 34.9. The Morgan fingerprint density at radius 3 is 2.29 bits per heavy atom. The maximum atomic E-state index is 12.8. The van der Waals surface area contributed by atoms with Crippen LogP contribution in [0.4, 0.5) is 0 Å². The van der Waals surface area contributed by atoms with Crippen LogP contribution in [0.25, 0.3) is 0 Å². The second-order valence-corrected chi connectivity index (χ2v) is 18.6. The molecule has 9 heteroatoms. The highest BCUT2D eigenvalue weighted by Crippen LogP contribution is 2.59. The van der Waals surface area contributed by atoms with E-state index in [9.17, 15) is 4.89 Å². The molecule has 1 unspecified atom stereocenters. The molecule has 0 aromatic heterocycles. The van der Waals surface area contributed by atoms with E-state index in [0.29, 0.717) is 26.1 Å². The molecule has 0 radical (unpaired) electrons. The van der Waals surface area contributed by atoms with Crippen LogP contribution in [0.3, 0.4) is 0 Å². The zero-order chi connectivity index (χ0) is 28.6. The van der Waals surface area contributed by atoms with Gasteiger partial charge in [-0.15, -0.1) is 6.58 Å². The maximum Gasteiger partial charge on any atom is 0.379 e. The molecule has 0 amide bonds. The molecule has 2 rings (SSSR count). The first-order chi connectivity index (χ1) is 17.7. The number of hydrogen-bond donors (Lipinski definition) is 0. The summed E-state index contributed by atoms with van der Waals surface area (Å²) in [5.74, 6) is 1.26. The van der Waals surface area contributed by atoms with Gasteiger partial charge in [-0.25, -0.2) is 0 Å². The third-order valence-electron chi connectivity index (χ3n) is 7.92. The van der Waals surface area contributed by atoms with Crippen LogP contribution >= 0.6 is 8.17 Å². The highest BCUT2D eigenvalue weighted by atomic mass is 31.2. The predicted molar refractivity (Wildman–Crippen MR) is 155 cm³/mol. The van der Waals surface area contributed by atoms with E-state index in [2.05, 4.69) is 54.3 Å². The van der Waals surface area contributed by atoms with Gasteiger partial charge in [-0.05, 0) is 61.0 Å². The maximum absolute atomic E-state index is 12.8. The number of ether oxygens (including phenoxy) is 2. The summed E-state index contributed by atoms with van der Waals surface area (Å²) in [5.41, 5.74) is 1.10. The van der Waals surface area contributed by atoms with Crippen molar-refractivity contribution >= 4 is 16.5 Å². The topological polar surface area (TPSA) is 78.4 Å². The van der Waals surface area contributed by atoms with E-state index in [4.69, 9.17) is 27.5 Å². The predicted octanol–water partition coefficient (Wildman–Crippen LogP) is 7.09. The van der Waals surface area contributed by atoms with Gasteiger partial charge in [0.1, 0.15) is 18.0 Å². The molecule has 7 nitrogen and oxygen atoms in total. The van der Waals surface area contributed by atoms with E-state index in [1.54, 1.807) is 13.2 Å². The van der Waals surface area contributed by atoms with Gasteiger partial charge < -0.3 is 18.8 Å². The molecule has 0 aliphatic carbocycles. The van der Waals surface area contributed by atoms with Gasteiger partial charge in [0, 0.05) is 18.9 Å². The summed E-state index contributed by atoms with van der Waals surface area (Å²) in [6.45, 7) is 20.7. The van der Waals surface area contributed by atoms with Crippen LogP contribution in [0.15, 0.2) is 36.9 Å². The van der Waals surface area contributed by atoms with E-state index < -0.39 is 16.5 Å². The summed E-state index contributed by atoms with van der Waals surface area (Å²) in [4.78, 5) is 12.8. The van der Waals surface area contributed by atoms with Crippen LogP contribution in [0.2, 0.25) is 18.1 Å². The van der Waals surface area contributed by atoms with E-state index >= 15 is 0 Å². The van der Waals surface area contributed by atoms with Gasteiger partial charge in [-0.3, -0.25) is 0 Å². The van der Waals surface area contributed by atoms with Crippen molar-refractivity contribution in [2.75, 3.05) is 20.8 Å². The Balaban J connectivity index is 2.09. The normalized spacial score (nSPS) is 25.0. The molecule has 1 fully saturated rings. The lowest BCUT2D eigenvalue weighted by Crippen LogP contribution is -2.43. The van der Waals surface area contributed by atoms with Crippen LogP contribution in [0.1, 0.15) is 65.9 Å². The molecule has 1 aromatic carbocycles. The van der Waals surface area contributed by atoms with E-state index in [-0.39, 0.29) is 35.2 Å². The number of hydrogen-bond acceptors (Lipinski definition) is 7. The number of phosphoric acid groups is 1. The third kappa shape index (κ3) is 9.97. The van der Waals surface area contributed by atoms with Crippen molar-refractivity contribution in [3.8, 4) is 5.75 Å². The Kier molecular flexibility index (Phi) is 12.9. The van der Waals surface area contributed by atoms with Crippen molar-refractivity contribution < 1.29 is 32.4 Å². The van der Waals surface area contributed by atoms with Crippen molar-refractivity contribution in [1.29, 1.82) is 0 Å². The molecule has 1 saturated heterocycles. The van der Waals surface area contributed by atoms with Gasteiger partial charge in [0.15, 0.2) is 8.32 Å². The molecule has 1 aliphatic heterocycles. The Morgan fingerprint density at radius 1 is 1.11 bits per heavy atom. The second kappa shape index (κ2) is 14.7. The zero-order valence-electron chi connectivity index (χ0n) is 25.0. The van der Waals surface area contributed by atoms with Gasteiger partial charge in [-0.1, -0.05) is 52.8 Å². The first-order valence-corrected chi connectivity index (χ1v) is 18.1. The lowest BCUT2D eigenvalue weighted by molar-refractivity contribution is -0.265. The highest BCUT2D eigenvalue weighted by molar-refractivity contribution is 7.54. The first kappa shape index (κ1) is 33.4. The lowest BCUT2D eigenvalue weighted by atomic mass is 9.88. The van der Waals surface area contributed by atoms with Gasteiger partial charge in [0.25, 0.3) is 0 Å². The van der Waals surface area contributed by atoms with Crippen molar-refractivity contribution in [3.05, 3.63) is 42.5 Å². The lowest BCUT2D eigenvalue weighted by Gasteiger charge is -2.39. The molecule has 0 N–H and O–H groups in total. The third-order valence-corrected chi connectivity index (χ3v) is 14.0. The largest absolute Gasteiger partial charge is 0.606 e.